The molecule has 10 nitrogen and oxygen atoms in total. The number of fused-ring (bicyclic) bond motifs is 1. The molecule has 0 aliphatic carbocycles. The van der Waals surface area contributed by atoms with Crippen LogP contribution in [0.15, 0.2) is 33.9 Å². The van der Waals surface area contributed by atoms with Crippen LogP contribution in [-0.2, 0) is 29.2 Å². The first-order valence-electron chi connectivity index (χ1n) is 11.9. The van der Waals surface area contributed by atoms with Crippen molar-refractivity contribution in [2.24, 2.45) is 5.92 Å². The minimum Gasteiger partial charge on any atom is -0.456 e. The molecule has 0 spiro atoms. The fourth-order valence-electron chi connectivity index (χ4n) is 3.84. The first-order valence-corrected chi connectivity index (χ1v) is 11.9. The molecule has 0 aliphatic rings. The summed E-state index contributed by atoms with van der Waals surface area (Å²) in [5.74, 6) is -0.839. The molecule has 3 rings (SSSR count). The van der Waals surface area contributed by atoms with Gasteiger partial charge in [-0.1, -0.05) is 44.9 Å². The van der Waals surface area contributed by atoms with Crippen molar-refractivity contribution < 1.29 is 14.3 Å². The van der Waals surface area contributed by atoms with Gasteiger partial charge in [0.25, 0.3) is 11.5 Å². The topological polar surface area (TPSA) is 128 Å². The minimum atomic E-state index is -0.866. The fraction of sp³-hybridized carbons (Fsp3) is 0.480. The van der Waals surface area contributed by atoms with Crippen LogP contribution in [0.1, 0.15) is 62.3 Å². The molecule has 35 heavy (non-hydrogen) atoms. The first-order chi connectivity index (χ1) is 16.7. The van der Waals surface area contributed by atoms with E-state index in [4.69, 9.17) is 4.74 Å². The molecule has 2 heterocycles. The maximum Gasteiger partial charge on any atom is 0.330 e. The van der Waals surface area contributed by atoms with Crippen molar-refractivity contribution in [1.82, 2.24) is 24.4 Å². The molecule has 0 aliphatic heterocycles. The molecule has 0 saturated heterocycles. The largest absolute Gasteiger partial charge is 0.456 e. The van der Waals surface area contributed by atoms with Crippen molar-refractivity contribution in [3.05, 3.63) is 62.1 Å². The Morgan fingerprint density at radius 2 is 1.80 bits per heavy atom. The third-order valence-electron chi connectivity index (χ3n) is 5.88. The van der Waals surface area contributed by atoms with Crippen LogP contribution in [0, 0.1) is 12.8 Å². The third-order valence-corrected chi connectivity index (χ3v) is 5.88. The summed E-state index contributed by atoms with van der Waals surface area (Å²) < 4.78 is 8.61. The van der Waals surface area contributed by atoms with Crippen molar-refractivity contribution in [1.29, 1.82) is 0 Å². The number of hydrogen-bond acceptors (Lipinski definition) is 6. The van der Waals surface area contributed by atoms with Crippen LogP contribution in [0.3, 0.4) is 0 Å². The second-order valence-electron chi connectivity index (χ2n) is 8.88. The van der Waals surface area contributed by atoms with E-state index in [9.17, 15) is 19.2 Å². The summed E-state index contributed by atoms with van der Waals surface area (Å²) in [5.41, 5.74) is 0.967. The van der Waals surface area contributed by atoms with E-state index in [1.54, 1.807) is 16.7 Å². The molecular weight excluding hydrogens is 450 g/mol. The van der Waals surface area contributed by atoms with E-state index >= 15 is 0 Å². The number of ether oxygens (including phenoxy) is 1. The van der Waals surface area contributed by atoms with Crippen LogP contribution in [-0.4, -0.2) is 37.0 Å². The number of imidazole rings is 1. The first kappa shape index (κ1) is 25.9. The van der Waals surface area contributed by atoms with Gasteiger partial charge in [-0.05, 0) is 38.3 Å². The molecule has 0 fully saturated rings. The SMILES string of the molecule is CCCCn1c(=O)[nH]c(=O)c2c1nc(COC(=O)[C@@H](NC(=O)c1ccc(C)cc1)C(C)C)n2CC. The molecule has 10 heteroatoms. The summed E-state index contributed by atoms with van der Waals surface area (Å²) >= 11 is 0. The van der Waals surface area contributed by atoms with E-state index in [1.165, 1.54) is 4.57 Å². The summed E-state index contributed by atoms with van der Waals surface area (Å²) in [5, 5.41) is 2.75. The predicted molar refractivity (Wildman–Crippen MR) is 132 cm³/mol. The molecular formula is C25H33N5O5. The number of nitrogens with zero attached hydrogens (tertiary/aromatic N) is 3. The number of esters is 1. The Kier molecular flexibility index (Phi) is 8.26. The summed E-state index contributed by atoms with van der Waals surface area (Å²) in [6, 6.07) is 6.19. The standard InChI is InChI=1S/C25H33N5O5/c1-6-8-13-30-21-20(23(32)28-25(30)34)29(7-2)18(26-21)14-35-24(33)19(15(3)4)27-22(31)17-11-9-16(5)10-12-17/h9-12,15,19H,6-8,13-14H2,1-5H3,(H,27,31)(H,28,32,34)/t19-/m0/s1. The molecule has 3 aromatic rings. The molecule has 0 radical (unpaired) electrons. The van der Waals surface area contributed by atoms with Crippen molar-refractivity contribution >= 4 is 23.0 Å². The zero-order chi connectivity index (χ0) is 25.7. The van der Waals surface area contributed by atoms with Gasteiger partial charge in [0.15, 0.2) is 11.2 Å². The molecule has 1 amide bonds. The Morgan fingerprint density at radius 3 is 2.40 bits per heavy atom. The number of aryl methyl sites for hydroxylation is 3. The highest BCUT2D eigenvalue weighted by Gasteiger charge is 2.27. The molecule has 0 unspecified atom stereocenters. The van der Waals surface area contributed by atoms with Crippen LogP contribution in [0.25, 0.3) is 11.2 Å². The highest BCUT2D eigenvalue weighted by Crippen LogP contribution is 2.15. The molecule has 0 saturated carbocycles. The zero-order valence-corrected chi connectivity index (χ0v) is 20.9. The lowest BCUT2D eigenvalue weighted by atomic mass is 10.0. The lowest BCUT2D eigenvalue weighted by molar-refractivity contribution is -0.148. The quantitative estimate of drug-likeness (QED) is 0.427. The summed E-state index contributed by atoms with van der Waals surface area (Å²) in [4.78, 5) is 57.3. The van der Waals surface area contributed by atoms with Crippen LogP contribution in [0.4, 0.5) is 0 Å². The Morgan fingerprint density at radius 1 is 1.11 bits per heavy atom. The second-order valence-corrected chi connectivity index (χ2v) is 8.88. The van der Waals surface area contributed by atoms with E-state index in [1.807, 2.05) is 46.8 Å². The van der Waals surface area contributed by atoms with Gasteiger partial charge in [-0.2, -0.15) is 0 Å². The normalized spacial score (nSPS) is 12.2. The van der Waals surface area contributed by atoms with Gasteiger partial charge < -0.3 is 14.6 Å². The van der Waals surface area contributed by atoms with Gasteiger partial charge in [0.05, 0.1) is 0 Å². The second kappa shape index (κ2) is 11.2. The van der Waals surface area contributed by atoms with Gasteiger partial charge in [-0.15, -0.1) is 0 Å². The van der Waals surface area contributed by atoms with E-state index in [0.717, 1.165) is 18.4 Å². The number of hydrogen-bond donors (Lipinski definition) is 2. The Labute approximate surface area is 203 Å². The lowest BCUT2D eigenvalue weighted by Gasteiger charge is -2.21. The third kappa shape index (κ3) is 5.70. The molecule has 0 bridgehead atoms. The van der Waals surface area contributed by atoms with E-state index in [-0.39, 0.29) is 29.6 Å². The van der Waals surface area contributed by atoms with Crippen LogP contribution in [0.5, 0.6) is 0 Å². The van der Waals surface area contributed by atoms with Crippen molar-refractivity contribution in [2.75, 3.05) is 0 Å². The Hall–Kier alpha value is -3.69. The molecule has 1 aromatic carbocycles. The van der Waals surface area contributed by atoms with Gasteiger partial charge in [0, 0.05) is 18.7 Å². The number of carbonyl (C=O) groups excluding carboxylic acids is 2. The number of rotatable bonds is 10. The highest BCUT2D eigenvalue weighted by molar-refractivity contribution is 5.96. The average Bonchev–Trinajstić information content (AvgIpc) is 3.19. The van der Waals surface area contributed by atoms with Crippen molar-refractivity contribution in [2.45, 2.75) is 73.2 Å². The maximum atomic E-state index is 12.9. The van der Waals surface area contributed by atoms with Gasteiger partial charge in [0.2, 0.25) is 0 Å². The van der Waals surface area contributed by atoms with E-state index in [2.05, 4.69) is 15.3 Å². The van der Waals surface area contributed by atoms with Crippen molar-refractivity contribution in [3.8, 4) is 0 Å². The summed E-state index contributed by atoms with van der Waals surface area (Å²) in [6.07, 6.45) is 1.62. The monoisotopic (exact) mass is 483 g/mol. The van der Waals surface area contributed by atoms with E-state index < -0.39 is 23.3 Å². The number of aromatic nitrogens is 4. The molecule has 188 valence electrons. The Balaban J connectivity index is 1.83. The number of H-pyrrole nitrogens is 1. The van der Waals surface area contributed by atoms with Gasteiger partial charge in [-0.25, -0.2) is 14.6 Å². The molecule has 1 atom stereocenters. The summed E-state index contributed by atoms with van der Waals surface area (Å²) in [6.45, 7) is 10.0. The lowest BCUT2D eigenvalue weighted by Crippen LogP contribution is -2.45. The van der Waals surface area contributed by atoms with Gasteiger partial charge in [0.1, 0.15) is 18.5 Å². The maximum absolute atomic E-state index is 12.9. The molecule has 2 aromatic heterocycles. The number of benzene rings is 1. The van der Waals surface area contributed by atoms with Gasteiger partial charge >= 0.3 is 11.7 Å². The van der Waals surface area contributed by atoms with E-state index in [0.29, 0.717) is 24.5 Å². The minimum absolute atomic E-state index is 0.202. The van der Waals surface area contributed by atoms with Crippen molar-refractivity contribution in [3.63, 3.8) is 0 Å². The number of nitrogens with one attached hydrogen (secondary N) is 2. The number of aromatic amines is 1. The number of carbonyl (C=O) groups is 2. The average molecular weight is 484 g/mol. The van der Waals surface area contributed by atoms with Crippen LogP contribution in [0.2, 0.25) is 0 Å². The van der Waals surface area contributed by atoms with Gasteiger partial charge in [-0.3, -0.25) is 19.1 Å². The van der Waals surface area contributed by atoms with Crippen LogP contribution >= 0.6 is 0 Å². The predicted octanol–water partition coefficient (Wildman–Crippen LogP) is 2.51. The number of amides is 1. The molecule has 2 N–H and O–H groups in total. The summed E-state index contributed by atoms with van der Waals surface area (Å²) in [7, 11) is 0. The van der Waals surface area contributed by atoms with Crippen LogP contribution < -0.4 is 16.6 Å². The smallest absolute Gasteiger partial charge is 0.330 e. The number of unbranched alkanes of at least 4 members (excludes halogenated alkanes) is 1. The fourth-order valence-corrected chi connectivity index (χ4v) is 3.84. The zero-order valence-electron chi connectivity index (χ0n) is 20.9. The Bertz CT molecular complexity index is 1320. The highest BCUT2D eigenvalue weighted by atomic mass is 16.5.